The van der Waals surface area contributed by atoms with Gasteiger partial charge in [0, 0.05) is 40.8 Å². The molecule has 4 rings (SSSR count). The van der Waals surface area contributed by atoms with Crippen molar-refractivity contribution in [2.45, 2.75) is 43.4 Å². The van der Waals surface area contributed by atoms with Crippen molar-refractivity contribution in [2.24, 2.45) is 10.9 Å². The van der Waals surface area contributed by atoms with Crippen molar-refractivity contribution >= 4 is 29.2 Å². The Morgan fingerprint density at radius 3 is 2.37 bits per heavy atom. The van der Waals surface area contributed by atoms with E-state index in [1.54, 1.807) is 26.0 Å². The maximum absolute atomic E-state index is 13.8. The minimum absolute atomic E-state index is 0.00773. The summed E-state index contributed by atoms with van der Waals surface area (Å²) in [4.78, 5) is 33.1. The highest BCUT2D eigenvalue weighted by Gasteiger charge is 2.44. The van der Waals surface area contributed by atoms with Crippen LogP contribution in [0.4, 0.5) is 0 Å². The Kier molecular flexibility index (Phi) is 9.28. The summed E-state index contributed by atoms with van der Waals surface area (Å²) in [6.07, 6.45) is 2.94. The molecule has 2 aliphatic rings. The molecule has 0 aromatic heterocycles. The van der Waals surface area contributed by atoms with Gasteiger partial charge in [0.1, 0.15) is 12.5 Å². The van der Waals surface area contributed by atoms with Gasteiger partial charge in [-0.1, -0.05) is 18.2 Å². The van der Waals surface area contributed by atoms with E-state index in [-0.39, 0.29) is 24.3 Å². The molecule has 0 fully saturated rings. The number of methoxy groups -OCH3 is 2. The molecule has 0 radical (unpaired) electrons. The van der Waals surface area contributed by atoms with E-state index < -0.39 is 11.8 Å². The molecule has 2 aromatic carbocycles. The molecule has 3 unspecified atom stereocenters. The Hall–Kier alpha value is -3.10. The smallest absolute Gasteiger partial charge is 0.315 e. The van der Waals surface area contributed by atoms with Gasteiger partial charge >= 0.3 is 5.97 Å². The number of carbonyl (C=O) groups excluding carboxylic acids is 2. The zero-order chi connectivity index (χ0) is 27.2. The molecule has 0 saturated carbocycles. The lowest BCUT2D eigenvalue weighted by Crippen LogP contribution is -2.38. The summed E-state index contributed by atoms with van der Waals surface area (Å²) in [5.74, 6) is -0.271. The number of carbonyl (C=O) groups is 2. The summed E-state index contributed by atoms with van der Waals surface area (Å²) in [6, 6.07) is 13.8. The second kappa shape index (κ2) is 12.6. The van der Waals surface area contributed by atoms with Crippen molar-refractivity contribution in [3.63, 3.8) is 0 Å². The Morgan fingerprint density at radius 1 is 1.00 bits per heavy atom. The minimum Gasteiger partial charge on any atom is -0.493 e. The number of allylic oxidation sites excluding steroid dienone is 2. The first-order chi connectivity index (χ1) is 18.4. The molecule has 0 spiro atoms. The molecule has 202 valence electrons. The molecule has 2 aromatic rings. The second-order valence-corrected chi connectivity index (χ2v) is 10.2. The van der Waals surface area contributed by atoms with E-state index in [1.807, 2.05) is 62.6 Å². The Morgan fingerprint density at radius 2 is 1.71 bits per heavy atom. The van der Waals surface area contributed by atoms with Crippen LogP contribution in [0.15, 0.2) is 63.6 Å². The number of ether oxygens (including phenoxy) is 4. The Balaban J connectivity index is 1.71. The van der Waals surface area contributed by atoms with Crippen molar-refractivity contribution in [3.05, 3.63) is 64.9 Å². The van der Waals surface area contributed by atoms with Crippen LogP contribution in [0.25, 0.3) is 0 Å². The lowest BCUT2D eigenvalue weighted by Gasteiger charge is -2.36. The Bertz CT molecular complexity index is 1240. The number of nitrogens with zero attached hydrogens (tertiary/aromatic N) is 1. The fraction of sp³-hybridized carbons (Fsp3) is 0.433. The topological polar surface area (TPSA) is 83.4 Å². The van der Waals surface area contributed by atoms with E-state index >= 15 is 0 Å². The molecule has 1 aliphatic carbocycles. The number of thioether (sulfide) groups is 1. The monoisotopic (exact) mass is 537 g/mol. The van der Waals surface area contributed by atoms with Crippen molar-refractivity contribution < 1.29 is 28.5 Å². The van der Waals surface area contributed by atoms with Crippen LogP contribution in [0.3, 0.4) is 0 Å². The van der Waals surface area contributed by atoms with E-state index in [4.69, 9.17) is 23.9 Å². The third kappa shape index (κ3) is 5.81. The van der Waals surface area contributed by atoms with Crippen LogP contribution in [0.1, 0.15) is 49.7 Å². The number of esters is 1. The first-order valence-corrected chi connectivity index (χ1v) is 14.1. The predicted molar refractivity (Wildman–Crippen MR) is 149 cm³/mol. The van der Waals surface area contributed by atoms with Gasteiger partial charge in [0.25, 0.3) is 0 Å². The summed E-state index contributed by atoms with van der Waals surface area (Å²) in [5, 5.41) is 0. The summed E-state index contributed by atoms with van der Waals surface area (Å²) in [5.41, 5.74) is 3.93. The van der Waals surface area contributed by atoms with Gasteiger partial charge in [-0.05, 0) is 67.8 Å². The lowest BCUT2D eigenvalue weighted by atomic mass is 9.69. The van der Waals surface area contributed by atoms with Gasteiger partial charge in [-0.2, -0.15) is 0 Å². The lowest BCUT2D eigenvalue weighted by molar-refractivity contribution is -0.148. The average Bonchev–Trinajstić information content (AvgIpc) is 2.94. The Labute approximate surface area is 228 Å². The number of hydrogen-bond donors (Lipinski definition) is 0. The van der Waals surface area contributed by atoms with Crippen molar-refractivity contribution in [1.82, 2.24) is 0 Å². The molecule has 3 atom stereocenters. The zero-order valence-corrected chi connectivity index (χ0v) is 23.4. The summed E-state index contributed by atoms with van der Waals surface area (Å²) in [7, 11) is 3.20. The third-order valence-corrected chi connectivity index (χ3v) is 7.92. The van der Waals surface area contributed by atoms with E-state index in [1.165, 1.54) is 0 Å². The van der Waals surface area contributed by atoms with Crippen LogP contribution in [0.5, 0.6) is 11.5 Å². The van der Waals surface area contributed by atoms with Gasteiger partial charge in [-0.25, -0.2) is 0 Å². The molecule has 0 bridgehead atoms. The van der Waals surface area contributed by atoms with Crippen LogP contribution in [-0.2, 0) is 19.1 Å². The number of benzene rings is 2. The van der Waals surface area contributed by atoms with Crippen LogP contribution < -0.4 is 9.47 Å². The van der Waals surface area contributed by atoms with E-state index in [9.17, 15) is 9.59 Å². The first kappa shape index (κ1) is 27.9. The highest BCUT2D eigenvalue weighted by Crippen LogP contribution is 2.47. The maximum atomic E-state index is 13.8. The van der Waals surface area contributed by atoms with Crippen LogP contribution >= 0.6 is 11.8 Å². The fourth-order valence-corrected chi connectivity index (χ4v) is 5.72. The van der Waals surface area contributed by atoms with E-state index in [0.29, 0.717) is 48.8 Å². The number of hydrogen-bond acceptors (Lipinski definition) is 8. The maximum Gasteiger partial charge on any atom is 0.315 e. The molecular formula is C30H35NO6S. The average molecular weight is 538 g/mol. The summed E-state index contributed by atoms with van der Waals surface area (Å²) in [6.45, 7) is 4.80. The quantitative estimate of drug-likeness (QED) is 0.222. The third-order valence-electron chi connectivity index (χ3n) is 7.17. The van der Waals surface area contributed by atoms with Crippen molar-refractivity contribution in [2.75, 3.05) is 40.3 Å². The van der Waals surface area contributed by atoms with Crippen LogP contribution in [-0.4, -0.2) is 57.8 Å². The zero-order valence-electron chi connectivity index (χ0n) is 22.6. The van der Waals surface area contributed by atoms with Gasteiger partial charge in [0.2, 0.25) is 0 Å². The van der Waals surface area contributed by atoms with E-state index in [0.717, 1.165) is 21.7 Å². The molecule has 1 aliphatic heterocycles. The molecule has 1 heterocycles. The molecule has 8 heteroatoms. The predicted octanol–water partition coefficient (Wildman–Crippen LogP) is 5.58. The normalized spacial score (nSPS) is 21.0. The fourth-order valence-electron chi connectivity index (χ4n) is 5.31. The first-order valence-electron chi connectivity index (χ1n) is 12.8. The van der Waals surface area contributed by atoms with Crippen molar-refractivity contribution in [3.8, 4) is 11.5 Å². The van der Waals surface area contributed by atoms with Gasteiger partial charge < -0.3 is 18.9 Å². The van der Waals surface area contributed by atoms with Crippen molar-refractivity contribution in [1.29, 1.82) is 0 Å². The van der Waals surface area contributed by atoms with Crippen LogP contribution in [0, 0.1) is 5.92 Å². The van der Waals surface area contributed by atoms with Gasteiger partial charge in [-0.3, -0.25) is 14.6 Å². The molecule has 7 nitrogen and oxygen atoms in total. The second-order valence-electron chi connectivity index (χ2n) is 9.35. The van der Waals surface area contributed by atoms with Crippen LogP contribution in [0.2, 0.25) is 0 Å². The minimum atomic E-state index is -0.669. The van der Waals surface area contributed by atoms with Gasteiger partial charge in [0.05, 0.1) is 20.8 Å². The molecule has 0 N–H and O–H groups in total. The van der Waals surface area contributed by atoms with Gasteiger partial charge in [0.15, 0.2) is 17.3 Å². The van der Waals surface area contributed by atoms with E-state index in [2.05, 4.69) is 0 Å². The number of aliphatic imine (C=N–C) groups is 1. The summed E-state index contributed by atoms with van der Waals surface area (Å²) < 4.78 is 21.8. The molecule has 0 amide bonds. The SMILES string of the molecule is CCOCCOC(=O)C1C(C)=NC2=C(C(=O)CC(c3ccc(OC)c(OC)c3)C2)C1c1ccc(SC)cc1. The van der Waals surface area contributed by atoms with Gasteiger partial charge in [-0.15, -0.1) is 11.8 Å². The summed E-state index contributed by atoms with van der Waals surface area (Å²) >= 11 is 1.65. The molecule has 0 saturated heterocycles. The number of ketones is 1. The number of Topliss-reactive ketones (excluding diaryl/α,β-unsaturated/α-hetero) is 1. The largest absolute Gasteiger partial charge is 0.493 e. The molecular weight excluding hydrogens is 502 g/mol. The standard InChI is InChI=1S/C30H35NO6S/c1-6-36-13-14-37-30(33)27-18(2)31-23-15-21(20-9-12-25(34-3)26(17-20)35-4)16-24(32)29(23)28(27)19-7-10-22(38-5)11-8-19/h7-12,17,21,27-28H,6,13-16H2,1-5H3. The molecule has 38 heavy (non-hydrogen) atoms. The highest BCUT2D eigenvalue weighted by molar-refractivity contribution is 7.98. The highest BCUT2D eigenvalue weighted by atomic mass is 32.2. The number of rotatable bonds is 10.